The molecule has 0 aromatic heterocycles. The van der Waals surface area contributed by atoms with Crippen LogP contribution in [0.3, 0.4) is 0 Å². The normalized spacial score (nSPS) is 37.4. The first-order chi connectivity index (χ1) is 8.11. The van der Waals surface area contributed by atoms with Crippen LogP contribution in [0.4, 0.5) is 0 Å². The number of nitrogens with one attached hydrogen (secondary N) is 1. The van der Waals surface area contributed by atoms with Crippen LogP contribution in [0.2, 0.25) is 0 Å². The van der Waals surface area contributed by atoms with Crippen molar-refractivity contribution in [3.8, 4) is 0 Å². The molecule has 0 spiro atoms. The largest absolute Gasteiger partial charge is 0.403 e. The van der Waals surface area contributed by atoms with Crippen LogP contribution in [0.1, 0.15) is 13.8 Å². The second-order valence-corrected chi connectivity index (χ2v) is 3.79. The molecule has 1 saturated heterocycles. The highest BCUT2D eigenvalue weighted by Crippen LogP contribution is 2.22. The van der Waals surface area contributed by atoms with E-state index in [1.807, 2.05) is 13.8 Å². The Balaban J connectivity index is 0.00000121. The Labute approximate surface area is 107 Å². The number of aliphatic hydroxyl groups is 3. The lowest BCUT2D eigenvalue weighted by Gasteiger charge is -2.40. The molecule has 0 aromatic rings. The quantitative estimate of drug-likeness (QED) is 0.357. The van der Waals surface area contributed by atoms with Gasteiger partial charge in [-0.25, -0.2) is 0 Å². The summed E-state index contributed by atoms with van der Waals surface area (Å²) >= 11 is 4.00. The molecule has 0 bridgehead atoms. The zero-order valence-electron chi connectivity index (χ0n) is 10.0. The van der Waals surface area contributed by atoms with Gasteiger partial charge in [-0.2, -0.15) is 0 Å². The fraction of sp³-hybridized carbons (Fsp3) is 0.800. The van der Waals surface area contributed by atoms with E-state index in [0.29, 0.717) is 0 Å². The lowest BCUT2D eigenvalue weighted by atomic mass is 9.97. The summed E-state index contributed by atoms with van der Waals surface area (Å²) in [4.78, 5) is 0. The van der Waals surface area contributed by atoms with Crippen molar-refractivity contribution in [3.63, 3.8) is 0 Å². The number of aliphatic hydroxyl groups excluding tert-OH is 3. The minimum atomic E-state index is -1.02. The Morgan fingerprint density at radius 1 is 1.35 bits per heavy atom. The van der Waals surface area contributed by atoms with E-state index in [1.165, 1.54) is 12.4 Å². The molecule has 0 amide bonds. The number of ether oxygens (including phenoxy) is 1. The van der Waals surface area contributed by atoms with Crippen molar-refractivity contribution in [2.45, 2.75) is 43.6 Å². The van der Waals surface area contributed by atoms with Gasteiger partial charge in [0, 0.05) is 12.4 Å². The summed E-state index contributed by atoms with van der Waals surface area (Å²) in [7, 11) is 0. The maximum absolute atomic E-state index is 9.73. The van der Waals surface area contributed by atoms with E-state index >= 15 is 0 Å². The zero-order valence-corrected chi connectivity index (χ0v) is 10.9. The van der Waals surface area contributed by atoms with E-state index in [2.05, 4.69) is 17.9 Å². The monoisotopic (exact) mass is 266 g/mol. The van der Waals surface area contributed by atoms with Crippen molar-refractivity contribution in [3.05, 3.63) is 12.4 Å². The highest BCUT2D eigenvalue weighted by Gasteiger charge is 2.42. The maximum Gasteiger partial charge on any atom is 0.129 e. The average Bonchev–Trinajstić information content (AvgIpc) is 2.36. The Morgan fingerprint density at radius 3 is 2.41 bits per heavy atom. The van der Waals surface area contributed by atoms with Crippen LogP contribution in [-0.2, 0) is 4.74 Å². The molecule has 1 aliphatic heterocycles. The van der Waals surface area contributed by atoms with E-state index < -0.39 is 29.8 Å². The third-order valence-corrected chi connectivity index (χ3v) is 2.72. The van der Waals surface area contributed by atoms with Crippen molar-refractivity contribution in [1.82, 2.24) is 5.32 Å². The van der Waals surface area contributed by atoms with E-state index in [4.69, 9.17) is 15.6 Å². The SMILES string of the molecule is CC.N/C=C\NC1C(O)C(S)OC(CO)C1O. The summed E-state index contributed by atoms with van der Waals surface area (Å²) in [5, 5.41) is 31.1. The second-order valence-electron chi connectivity index (χ2n) is 3.28. The predicted octanol–water partition coefficient (Wildman–Crippen LogP) is -1.23. The van der Waals surface area contributed by atoms with E-state index in [1.54, 1.807) is 0 Å². The molecular weight excluding hydrogens is 244 g/mol. The summed E-state index contributed by atoms with van der Waals surface area (Å²) < 4.78 is 5.09. The van der Waals surface area contributed by atoms with E-state index in [-0.39, 0.29) is 6.61 Å². The molecule has 1 heterocycles. The number of rotatable bonds is 3. The number of thiol groups is 1. The summed E-state index contributed by atoms with van der Waals surface area (Å²) in [5.74, 6) is 0. The minimum absolute atomic E-state index is 0.338. The molecule has 6 nitrogen and oxygen atoms in total. The van der Waals surface area contributed by atoms with Gasteiger partial charge in [0.15, 0.2) is 0 Å². The van der Waals surface area contributed by atoms with E-state index in [9.17, 15) is 10.2 Å². The summed E-state index contributed by atoms with van der Waals surface area (Å²) in [6, 6.07) is -0.668. The summed E-state index contributed by atoms with van der Waals surface area (Å²) in [6.07, 6.45) is -0.125. The Hall–Kier alpha value is -0.470. The van der Waals surface area contributed by atoms with Gasteiger partial charge in [-0.1, -0.05) is 13.8 Å². The Kier molecular flexibility index (Phi) is 8.36. The molecular formula is C10H22N2O4S. The van der Waals surface area contributed by atoms with Crippen molar-refractivity contribution < 1.29 is 20.1 Å². The molecule has 0 radical (unpaired) electrons. The first kappa shape index (κ1) is 16.5. The lowest BCUT2D eigenvalue weighted by Crippen LogP contribution is -2.61. The van der Waals surface area contributed by atoms with Crippen molar-refractivity contribution >= 4 is 12.6 Å². The summed E-state index contributed by atoms with van der Waals surface area (Å²) in [5.41, 5.74) is 4.38. The maximum atomic E-state index is 9.73. The molecule has 1 aliphatic rings. The molecule has 0 aromatic carbocycles. The van der Waals surface area contributed by atoms with Crippen LogP contribution < -0.4 is 11.1 Å². The van der Waals surface area contributed by atoms with Crippen LogP contribution in [0, 0.1) is 0 Å². The van der Waals surface area contributed by atoms with Gasteiger partial charge in [0.1, 0.15) is 23.7 Å². The number of nitrogens with two attached hydrogens (primary N) is 1. The van der Waals surface area contributed by atoms with Crippen molar-refractivity contribution in [2.24, 2.45) is 5.73 Å². The number of hydrogen-bond donors (Lipinski definition) is 6. The molecule has 1 fully saturated rings. The van der Waals surface area contributed by atoms with Crippen molar-refractivity contribution in [2.75, 3.05) is 6.61 Å². The molecule has 17 heavy (non-hydrogen) atoms. The van der Waals surface area contributed by atoms with Crippen LogP contribution in [0.5, 0.6) is 0 Å². The molecule has 0 saturated carbocycles. The number of hydrogen-bond acceptors (Lipinski definition) is 7. The van der Waals surface area contributed by atoms with Crippen molar-refractivity contribution in [1.29, 1.82) is 0 Å². The lowest BCUT2D eigenvalue weighted by molar-refractivity contribution is -0.164. The van der Waals surface area contributed by atoms with Gasteiger partial charge in [0.05, 0.1) is 12.6 Å². The molecule has 7 heteroatoms. The highest BCUT2D eigenvalue weighted by molar-refractivity contribution is 7.80. The molecule has 6 N–H and O–H groups in total. The minimum Gasteiger partial charge on any atom is -0.403 e. The zero-order chi connectivity index (χ0) is 13.4. The average molecular weight is 266 g/mol. The Morgan fingerprint density at radius 2 is 1.94 bits per heavy atom. The van der Waals surface area contributed by atoms with Gasteiger partial charge in [-0.15, -0.1) is 12.6 Å². The molecule has 5 atom stereocenters. The second kappa shape index (κ2) is 8.60. The topological polar surface area (TPSA) is 108 Å². The summed E-state index contributed by atoms with van der Waals surface area (Å²) in [6.45, 7) is 3.66. The fourth-order valence-electron chi connectivity index (χ4n) is 1.47. The first-order valence-electron chi connectivity index (χ1n) is 5.55. The van der Waals surface area contributed by atoms with E-state index in [0.717, 1.165) is 0 Å². The predicted molar refractivity (Wildman–Crippen MR) is 68.3 cm³/mol. The van der Waals surface area contributed by atoms with Crippen LogP contribution >= 0.6 is 12.6 Å². The van der Waals surface area contributed by atoms with Gasteiger partial charge in [-0.05, 0) is 0 Å². The Bertz CT molecular complexity index is 230. The van der Waals surface area contributed by atoms with Gasteiger partial charge in [-0.3, -0.25) is 0 Å². The van der Waals surface area contributed by atoms with Crippen LogP contribution in [0.25, 0.3) is 0 Å². The first-order valence-corrected chi connectivity index (χ1v) is 6.06. The van der Waals surface area contributed by atoms with Gasteiger partial charge in [0.2, 0.25) is 0 Å². The molecule has 102 valence electrons. The van der Waals surface area contributed by atoms with Gasteiger partial charge < -0.3 is 31.1 Å². The van der Waals surface area contributed by atoms with Gasteiger partial charge in [0.25, 0.3) is 0 Å². The molecule has 0 aliphatic carbocycles. The standard InChI is InChI=1S/C8H16N2O4S.C2H6/c9-1-2-10-5-6(12)4(3-11)14-8(15)7(5)13;1-2/h1-2,4-8,10-13,15H,3,9H2;1-2H3/b2-1-;. The smallest absolute Gasteiger partial charge is 0.129 e. The molecule has 5 unspecified atom stereocenters. The van der Waals surface area contributed by atoms with Gasteiger partial charge >= 0.3 is 0 Å². The molecule has 1 rings (SSSR count). The third-order valence-electron chi connectivity index (χ3n) is 2.29. The van der Waals surface area contributed by atoms with Crippen LogP contribution in [0.15, 0.2) is 12.4 Å². The fourth-order valence-corrected chi connectivity index (χ4v) is 1.81. The van der Waals surface area contributed by atoms with Crippen LogP contribution in [-0.4, -0.2) is 51.7 Å². The third kappa shape index (κ3) is 4.36. The highest BCUT2D eigenvalue weighted by atomic mass is 32.1.